The number of carbonyl (C=O) groups excluding carboxylic acids is 2. The molecule has 0 N–H and O–H groups in total. The molecule has 0 radical (unpaired) electrons. The number of hydrogen-bond donors (Lipinski definition) is 0. The number of rotatable bonds is 32. The van der Waals surface area contributed by atoms with Crippen molar-refractivity contribution in [2.45, 2.75) is 227 Å². The molecule has 4 aromatic heterocycles. The average molecular weight is 890 g/mol. The van der Waals surface area contributed by atoms with E-state index in [-0.39, 0.29) is 17.9 Å². The molecule has 0 atom stereocenters. The molecule has 332 valence electrons. The van der Waals surface area contributed by atoms with E-state index in [9.17, 15) is 9.59 Å². The van der Waals surface area contributed by atoms with Gasteiger partial charge >= 0.3 is 0 Å². The van der Waals surface area contributed by atoms with Crippen molar-refractivity contribution in [2.75, 3.05) is 0 Å². The van der Waals surface area contributed by atoms with E-state index >= 15 is 0 Å². The molecule has 7 heteroatoms. The van der Waals surface area contributed by atoms with Crippen molar-refractivity contribution < 1.29 is 9.59 Å². The third-order valence-electron chi connectivity index (χ3n) is 12.8. The van der Waals surface area contributed by atoms with Crippen LogP contribution in [0.25, 0.3) is 29.3 Å². The smallest absolute Gasteiger partial charge is 0.263 e. The Hall–Kier alpha value is -2.06. The standard InChI is InChI=1S/C53H79NO2S4/c1-7-11-15-17-19-21-23-25-27-29-31-41-37-46(57-39(41)5)44-35-36-45(59-44)47-38-42(32-30-28-26-24-22-20-18-16-12-8-2)50(60-47)51-49-48(40(6)58-51)52(55)54(53(49)56)43(33-13-9-3)34-14-10-4/h35-38,43H,7-34H2,1-6H3. The fraction of sp³-hybridized carbons (Fsp3) is 0.660. The molecule has 0 saturated heterocycles. The van der Waals surface area contributed by atoms with Gasteiger partial charge in [0, 0.05) is 40.2 Å². The fourth-order valence-electron chi connectivity index (χ4n) is 9.14. The SMILES string of the molecule is CCCCCCCCCCCCc1cc(-c2ccc(-c3cc(CCCCCCCCCCCC)c(-c4sc(C)c5c4C(=O)N(C(CCCC)CCCC)C5=O)s3)s2)sc1C. The Morgan fingerprint density at radius 1 is 0.433 bits per heavy atom. The molecule has 0 unspecified atom stereocenters. The van der Waals surface area contributed by atoms with Gasteiger partial charge in [-0.2, -0.15) is 0 Å². The maximum atomic E-state index is 14.5. The Kier molecular flexibility index (Phi) is 21.7. The van der Waals surface area contributed by atoms with Crippen LogP contribution in [0.4, 0.5) is 0 Å². The number of aryl methyl sites for hydroxylation is 4. The molecular formula is C53H79NO2S4. The van der Waals surface area contributed by atoms with E-state index in [4.69, 9.17) is 0 Å². The van der Waals surface area contributed by atoms with Gasteiger partial charge in [0.25, 0.3) is 11.8 Å². The highest BCUT2D eigenvalue weighted by Gasteiger charge is 2.44. The van der Waals surface area contributed by atoms with E-state index in [1.165, 1.54) is 169 Å². The lowest BCUT2D eigenvalue weighted by molar-refractivity contribution is 0.0563. The zero-order valence-corrected chi connectivity index (χ0v) is 41.8. The van der Waals surface area contributed by atoms with Gasteiger partial charge < -0.3 is 0 Å². The number of imide groups is 1. The molecule has 4 aromatic rings. The van der Waals surface area contributed by atoms with Crippen molar-refractivity contribution >= 4 is 57.2 Å². The molecule has 0 aromatic carbocycles. The molecule has 0 aliphatic carbocycles. The fourth-order valence-corrected chi connectivity index (χ4v) is 13.9. The third kappa shape index (κ3) is 13.7. The van der Waals surface area contributed by atoms with Gasteiger partial charge in [-0.05, 0) is 87.8 Å². The molecule has 1 aliphatic rings. The minimum Gasteiger partial charge on any atom is -0.271 e. The summed E-state index contributed by atoms with van der Waals surface area (Å²) < 4.78 is 0. The second kappa shape index (κ2) is 26.5. The molecule has 1 aliphatic heterocycles. The van der Waals surface area contributed by atoms with E-state index in [1.54, 1.807) is 16.2 Å². The minimum atomic E-state index is -0.0538. The van der Waals surface area contributed by atoms with Crippen LogP contribution in [0.2, 0.25) is 0 Å². The maximum Gasteiger partial charge on any atom is 0.263 e. The van der Waals surface area contributed by atoms with Crippen LogP contribution in [-0.2, 0) is 12.8 Å². The van der Waals surface area contributed by atoms with Crippen molar-refractivity contribution in [1.29, 1.82) is 0 Å². The molecule has 5 heterocycles. The quantitative estimate of drug-likeness (QED) is 0.0362. The highest BCUT2D eigenvalue weighted by Crippen LogP contribution is 2.50. The van der Waals surface area contributed by atoms with Crippen LogP contribution in [0.3, 0.4) is 0 Å². The summed E-state index contributed by atoms with van der Waals surface area (Å²) in [6.07, 6.45) is 35.2. The number of nitrogens with zero attached hydrogens (tertiary/aromatic N) is 1. The van der Waals surface area contributed by atoms with Crippen LogP contribution in [0.5, 0.6) is 0 Å². The first-order valence-corrected chi connectivity index (χ1v) is 27.9. The molecule has 0 bridgehead atoms. The van der Waals surface area contributed by atoms with Gasteiger partial charge in [0.15, 0.2) is 0 Å². The van der Waals surface area contributed by atoms with Gasteiger partial charge in [-0.15, -0.1) is 45.3 Å². The monoisotopic (exact) mass is 889 g/mol. The molecule has 2 amide bonds. The van der Waals surface area contributed by atoms with Crippen LogP contribution in [0.1, 0.15) is 236 Å². The van der Waals surface area contributed by atoms with Gasteiger partial charge in [-0.3, -0.25) is 14.5 Å². The first kappa shape index (κ1) is 49.0. The van der Waals surface area contributed by atoms with E-state index in [1.807, 2.05) is 34.0 Å². The lowest BCUT2D eigenvalue weighted by Crippen LogP contribution is -2.40. The average Bonchev–Trinajstić information content (AvgIpc) is 4.08. The Balaban J connectivity index is 1.31. The number of hydrogen-bond acceptors (Lipinski definition) is 6. The molecule has 0 fully saturated rings. The van der Waals surface area contributed by atoms with Crippen LogP contribution in [0.15, 0.2) is 24.3 Å². The van der Waals surface area contributed by atoms with Crippen LogP contribution >= 0.6 is 45.3 Å². The Labute approximate surface area is 382 Å². The van der Waals surface area contributed by atoms with Crippen molar-refractivity contribution in [2.24, 2.45) is 0 Å². The van der Waals surface area contributed by atoms with E-state index in [2.05, 4.69) is 65.8 Å². The summed E-state index contributed by atoms with van der Waals surface area (Å²) in [5, 5.41) is 0. The van der Waals surface area contributed by atoms with Crippen molar-refractivity contribution in [1.82, 2.24) is 4.90 Å². The molecule has 3 nitrogen and oxygen atoms in total. The van der Waals surface area contributed by atoms with Crippen LogP contribution in [-0.4, -0.2) is 22.8 Å². The highest BCUT2D eigenvalue weighted by molar-refractivity contribution is 7.28. The predicted molar refractivity (Wildman–Crippen MR) is 268 cm³/mol. The summed E-state index contributed by atoms with van der Waals surface area (Å²) in [5.41, 5.74) is 4.25. The minimum absolute atomic E-state index is 0.0135. The van der Waals surface area contributed by atoms with Gasteiger partial charge in [0.2, 0.25) is 0 Å². The summed E-state index contributed by atoms with van der Waals surface area (Å²) in [7, 11) is 0. The second-order valence-corrected chi connectivity index (χ2v) is 22.5. The first-order chi connectivity index (χ1) is 29.3. The molecule has 60 heavy (non-hydrogen) atoms. The van der Waals surface area contributed by atoms with Crippen molar-refractivity contribution in [3.05, 3.63) is 56.3 Å². The molecule has 0 spiro atoms. The Morgan fingerprint density at radius 2 is 0.867 bits per heavy atom. The predicted octanol–water partition coefficient (Wildman–Crippen LogP) is 18.8. The maximum absolute atomic E-state index is 14.5. The molecule has 0 saturated carbocycles. The molecular weight excluding hydrogens is 811 g/mol. The Bertz CT molecular complexity index is 1860. The summed E-state index contributed by atoms with van der Waals surface area (Å²) in [6.45, 7) is 13.3. The van der Waals surface area contributed by atoms with Gasteiger partial charge in [-0.25, -0.2) is 0 Å². The lowest BCUT2D eigenvalue weighted by Gasteiger charge is -2.26. The van der Waals surface area contributed by atoms with E-state index < -0.39 is 0 Å². The number of amides is 2. The van der Waals surface area contributed by atoms with E-state index in [0.717, 1.165) is 61.1 Å². The van der Waals surface area contributed by atoms with Gasteiger partial charge in [-0.1, -0.05) is 169 Å². The number of carbonyl (C=O) groups is 2. The zero-order chi connectivity index (χ0) is 42.7. The largest absolute Gasteiger partial charge is 0.271 e. The number of fused-ring (bicyclic) bond motifs is 1. The second-order valence-electron chi connectivity index (χ2n) is 17.8. The van der Waals surface area contributed by atoms with Crippen LogP contribution < -0.4 is 0 Å². The topological polar surface area (TPSA) is 37.4 Å². The van der Waals surface area contributed by atoms with Crippen molar-refractivity contribution in [3.8, 4) is 29.3 Å². The van der Waals surface area contributed by atoms with Gasteiger partial charge in [0.05, 0.1) is 16.0 Å². The van der Waals surface area contributed by atoms with Crippen LogP contribution in [0, 0.1) is 13.8 Å². The molecule has 5 rings (SSSR count). The lowest BCUT2D eigenvalue weighted by atomic mass is 10.0. The zero-order valence-electron chi connectivity index (χ0n) is 38.6. The highest BCUT2D eigenvalue weighted by atomic mass is 32.1. The van der Waals surface area contributed by atoms with Crippen molar-refractivity contribution in [3.63, 3.8) is 0 Å². The third-order valence-corrected chi connectivity index (χ3v) is 17.8. The van der Waals surface area contributed by atoms with E-state index in [0.29, 0.717) is 11.1 Å². The number of unbranched alkanes of at least 4 members (excludes halogenated alkanes) is 20. The summed E-state index contributed by atoms with van der Waals surface area (Å²) >= 11 is 7.40. The summed E-state index contributed by atoms with van der Waals surface area (Å²) in [6, 6.07) is 9.55. The summed E-state index contributed by atoms with van der Waals surface area (Å²) in [4.78, 5) is 40.4. The van der Waals surface area contributed by atoms with Gasteiger partial charge in [0.1, 0.15) is 0 Å². The summed E-state index contributed by atoms with van der Waals surface area (Å²) in [5.74, 6) is -0.103. The normalized spacial score (nSPS) is 12.9. The first-order valence-electron chi connectivity index (χ1n) is 24.7. The Morgan fingerprint density at radius 3 is 1.38 bits per heavy atom. The number of thiophene rings is 4.